The lowest BCUT2D eigenvalue weighted by atomic mass is 10.0. The monoisotopic (exact) mass is 298 g/mol. The van der Waals surface area contributed by atoms with Crippen LogP contribution in [-0.2, 0) is 4.79 Å². The molecule has 0 spiro atoms. The van der Waals surface area contributed by atoms with E-state index >= 15 is 0 Å². The summed E-state index contributed by atoms with van der Waals surface area (Å²) in [6.07, 6.45) is 1.70. The van der Waals surface area contributed by atoms with Gasteiger partial charge in [-0.2, -0.15) is 0 Å². The zero-order valence-electron chi connectivity index (χ0n) is 12.0. The first kappa shape index (κ1) is 16.8. The number of hydrogen-bond donors (Lipinski definition) is 2. The number of rotatable bonds is 5. The second-order valence-electron chi connectivity index (χ2n) is 5.09. The number of para-hydroxylation sites is 1. The summed E-state index contributed by atoms with van der Waals surface area (Å²) in [7, 11) is 1.65. The van der Waals surface area contributed by atoms with Gasteiger partial charge in [0.2, 0.25) is 5.91 Å². The molecule has 4 nitrogen and oxygen atoms in total. The van der Waals surface area contributed by atoms with Crippen molar-refractivity contribution >= 4 is 18.3 Å². The first-order valence-electron chi connectivity index (χ1n) is 6.83. The summed E-state index contributed by atoms with van der Waals surface area (Å²) in [5, 5.41) is 6.33. The van der Waals surface area contributed by atoms with Crippen LogP contribution in [0.15, 0.2) is 24.3 Å². The molecule has 0 aromatic heterocycles. The van der Waals surface area contributed by atoms with Crippen LogP contribution in [0.2, 0.25) is 0 Å². The second-order valence-corrected chi connectivity index (χ2v) is 5.09. The van der Waals surface area contributed by atoms with E-state index in [-0.39, 0.29) is 24.4 Å². The van der Waals surface area contributed by atoms with Crippen LogP contribution in [0.1, 0.15) is 31.4 Å². The van der Waals surface area contributed by atoms with Crippen LogP contribution in [0.3, 0.4) is 0 Å². The van der Waals surface area contributed by atoms with Gasteiger partial charge in [-0.25, -0.2) is 0 Å². The highest BCUT2D eigenvalue weighted by Gasteiger charge is 2.20. The molecule has 2 unspecified atom stereocenters. The average Bonchev–Trinajstić information content (AvgIpc) is 2.91. The largest absolute Gasteiger partial charge is 0.496 e. The molecule has 1 aromatic rings. The number of benzene rings is 1. The molecule has 112 valence electrons. The van der Waals surface area contributed by atoms with E-state index in [9.17, 15) is 4.79 Å². The Balaban J connectivity index is 0.00000200. The number of carbonyl (C=O) groups excluding carboxylic acids is 1. The highest BCUT2D eigenvalue weighted by Crippen LogP contribution is 2.24. The minimum absolute atomic E-state index is 0. The van der Waals surface area contributed by atoms with E-state index in [1.54, 1.807) is 7.11 Å². The van der Waals surface area contributed by atoms with Gasteiger partial charge in [-0.05, 0) is 38.4 Å². The number of carbonyl (C=O) groups is 1. The molecule has 1 amide bonds. The Hall–Kier alpha value is -1.26. The standard InChI is InChI=1S/C15H22N2O2.ClH/c1-11(13-5-3-4-6-14(13)19-2)17-15(18)9-12-7-8-16-10-12;/h3-6,11-12,16H,7-10H2,1-2H3,(H,17,18);1H. The van der Waals surface area contributed by atoms with E-state index in [1.807, 2.05) is 31.2 Å². The fraction of sp³-hybridized carbons (Fsp3) is 0.533. The van der Waals surface area contributed by atoms with Gasteiger partial charge in [0.05, 0.1) is 13.2 Å². The Kier molecular flexibility index (Phi) is 6.82. The maximum atomic E-state index is 12.0. The predicted octanol–water partition coefficient (Wildman–Crippen LogP) is 2.29. The molecule has 1 fully saturated rings. The molecule has 5 heteroatoms. The van der Waals surface area contributed by atoms with Crippen molar-refractivity contribution in [3.05, 3.63) is 29.8 Å². The SMILES string of the molecule is COc1ccccc1C(C)NC(=O)CC1CCNC1.Cl. The number of methoxy groups -OCH3 is 1. The van der Waals surface area contributed by atoms with Crippen LogP contribution < -0.4 is 15.4 Å². The van der Waals surface area contributed by atoms with Gasteiger partial charge >= 0.3 is 0 Å². The minimum atomic E-state index is -0.0296. The number of amides is 1. The summed E-state index contributed by atoms with van der Waals surface area (Å²) in [5.41, 5.74) is 1.02. The Morgan fingerprint density at radius 3 is 2.90 bits per heavy atom. The summed E-state index contributed by atoms with van der Waals surface area (Å²) in [6.45, 7) is 3.97. The number of nitrogens with one attached hydrogen (secondary N) is 2. The number of ether oxygens (including phenoxy) is 1. The molecule has 1 aliphatic heterocycles. The van der Waals surface area contributed by atoms with Crippen LogP contribution in [0.4, 0.5) is 0 Å². The second kappa shape index (κ2) is 8.12. The van der Waals surface area contributed by atoms with Crippen molar-refractivity contribution in [2.75, 3.05) is 20.2 Å². The third kappa shape index (κ3) is 4.39. The maximum absolute atomic E-state index is 12.0. The molecule has 2 rings (SSSR count). The highest BCUT2D eigenvalue weighted by molar-refractivity contribution is 5.85. The summed E-state index contributed by atoms with van der Waals surface area (Å²) in [5.74, 6) is 1.41. The van der Waals surface area contributed by atoms with Gasteiger partial charge in [-0.15, -0.1) is 12.4 Å². The average molecular weight is 299 g/mol. The molecule has 0 radical (unpaired) electrons. The fourth-order valence-corrected chi connectivity index (χ4v) is 2.55. The summed E-state index contributed by atoms with van der Waals surface area (Å²) in [6, 6.07) is 7.76. The van der Waals surface area contributed by atoms with Crippen molar-refractivity contribution in [2.45, 2.75) is 25.8 Å². The van der Waals surface area contributed by atoms with E-state index in [2.05, 4.69) is 10.6 Å². The van der Waals surface area contributed by atoms with Gasteiger partial charge < -0.3 is 15.4 Å². The zero-order valence-corrected chi connectivity index (χ0v) is 12.8. The molecule has 1 aromatic carbocycles. The van der Waals surface area contributed by atoms with Gasteiger partial charge in [0.1, 0.15) is 5.75 Å². The van der Waals surface area contributed by atoms with Gasteiger partial charge in [0.15, 0.2) is 0 Å². The van der Waals surface area contributed by atoms with Crippen LogP contribution in [-0.4, -0.2) is 26.1 Å². The lowest BCUT2D eigenvalue weighted by molar-refractivity contribution is -0.122. The van der Waals surface area contributed by atoms with Crippen molar-refractivity contribution in [3.8, 4) is 5.75 Å². The number of halogens is 1. The maximum Gasteiger partial charge on any atom is 0.220 e. The third-order valence-corrected chi connectivity index (χ3v) is 3.62. The Bertz CT molecular complexity index is 434. The van der Waals surface area contributed by atoms with Crippen molar-refractivity contribution in [1.82, 2.24) is 10.6 Å². The zero-order chi connectivity index (χ0) is 13.7. The summed E-state index contributed by atoms with van der Waals surface area (Å²) < 4.78 is 5.32. The third-order valence-electron chi connectivity index (χ3n) is 3.62. The van der Waals surface area contributed by atoms with Crippen molar-refractivity contribution in [3.63, 3.8) is 0 Å². The molecular formula is C15H23ClN2O2. The van der Waals surface area contributed by atoms with Crippen molar-refractivity contribution < 1.29 is 9.53 Å². The first-order chi connectivity index (χ1) is 9.20. The summed E-state index contributed by atoms with van der Waals surface area (Å²) >= 11 is 0. The Labute approximate surface area is 126 Å². The normalized spacial score (nSPS) is 19.0. The first-order valence-corrected chi connectivity index (χ1v) is 6.83. The van der Waals surface area contributed by atoms with Gasteiger partial charge in [0.25, 0.3) is 0 Å². The molecule has 0 aliphatic carbocycles. The Morgan fingerprint density at radius 2 is 2.25 bits per heavy atom. The van der Waals surface area contributed by atoms with E-state index in [0.717, 1.165) is 30.8 Å². The molecule has 20 heavy (non-hydrogen) atoms. The molecule has 1 saturated heterocycles. The van der Waals surface area contributed by atoms with E-state index in [4.69, 9.17) is 4.74 Å². The topological polar surface area (TPSA) is 50.4 Å². The van der Waals surface area contributed by atoms with Gasteiger partial charge in [-0.3, -0.25) is 4.79 Å². The van der Waals surface area contributed by atoms with Crippen molar-refractivity contribution in [1.29, 1.82) is 0 Å². The predicted molar refractivity (Wildman–Crippen MR) is 82.4 cm³/mol. The smallest absolute Gasteiger partial charge is 0.220 e. The fourth-order valence-electron chi connectivity index (χ4n) is 2.55. The molecule has 0 bridgehead atoms. The van der Waals surface area contributed by atoms with E-state index < -0.39 is 0 Å². The van der Waals surface area contributed by atoms with Crippen LogP contribution in [0.5, 0.6) is 5.75 Å². The molecular weight excluding hydrogens is 276 g/mol. The van der Waals surface area contributed by atoms with E-state index in [1.165, 1.54) is 0 Å². The number of hydrogen-bond acceptors (Lipinski definition) is 3. The van der Waals surface area contributed by atoms with Crippen LogP contribution in [0, 0.1) is 5.92 Å². The molecule has 2 N–H and O–H groups in total. The summed E-state index contributed by atoms with van der Waals surface area (Å²) in [4.78, 5) is 12.0. The molecule has 2 atom stereocenters. The van der Waals surface area contributed by atoms with Crippen LogP contribution in [0.25, 0.3) is 0 Å². The molecule has 1 heterocycles. The van der Waals surface area contributed by atoms with Gasteiger partial charge in [-0.1, -0.05) is 18.2 Å². The van der Waals surface area contributed by atoms with Gasteiger partial charge in [0, 0.05) is 12.0 Å². The van der Waals surface area contributed by atoms with Crippen LogP contribution >= 0.6 is 12.4 Å². The van der Waals surface area contributed by atoms with Crippen molar-refractivity contribution in [2.24, 2.45) is 5.92 Å². The molecule has 1 aliphatic rings. The lowest BCUT2D eigenvalue weighted by Gasteiger charge is -2.18. The Morgan fingerprint density at radius 1 is 1.50 bits per heavy atom. The molecule has 0 saturated carbocycles. The minimum Gasteiger partial charge on any atom is -0.496 e. The van der Waals surface area contributed by atoms with E-state index in [0.29, 0.717) is 12.3 Å². The quantitative estimate of drug-likeness (QED) is 0.877. The highest BCUT2D eigenvalue weighted by atomic mass is 35.5. The lowest BCUT2D eigenvalue weighted by Crippen LogP contribution is -2.29.